The summed E-state index contributed by atoms with van der Waals surface area (Å²) in [6.45, 7) is 1.01. The molecule has 0 aliphatic heterocycles. The third-order valence-electron chi connectivity index (χ3n) is 3.35. The fraction of sp³-hybridized carbons (Fsp3) is 0.235. The van der Waals surface area contributed by atoms with Crippen molar-refractivity contribution in [3.8, 4) is 5.75 Å². The van der Waals surface area contributed by atoms with Gasteiger partial charge in [-0.15, -0.1) is 0 Å². The van der Waals surface area contributed by atoms with E-state index in [1.54, 1.807) is 25.3 Å². The largest absolute Gasteiger partial charge is 0.495 e. The zero-order valence-corrected chi connectivity index (χ0v) is 14.5. The second kappa shape index (κ2) is 8.20. The first-order valence-corrected chi connectivity index (χ1v) is 7.93. The van der Waals surface area contributed by atoms with Crippen LogP contribution in [0.3, 0.4) is 0 Å². The number of anilines is 1. The smallest absolute Gasteiger partial charge is 0.279 e. The van der Waals surface area contributed by atoms with Crippen molar-refractivity contribution >= 4 is 34.8 Å². The molecule has 0 fully saturated rings. The van der Waals surface area contributed by atoms with Crippen LogP contribution < -0.4 is 15.0 Å². The number of likely N-dealkylation sites (N-methyl/N-ethyl adjacent to an activating group) is 1. The van der Waals surface area contributed by atoms with E-state index in [-0.39, 0.29) is 5.91 Å². The molecule has 0 saturated carbocycles. The summed E-state index contributed by atoms with van der Waals surface area (Å²) in [6.07, 6.45) is 0. The molecule has 1 unspecified atom stereocenters. The van der Waals surface area contributed by atoms with Crippen LogP contribution in [0.2, 0.25) is 10.0 Å². The molecule has 0 spiro atoms. The van der Waals surface area contributed by atoms with Crippen LogP contribution in [-0.4, -0.2) is 26.6 Å². The lowest BCUT2D eigenvalue weighted by Gasteiger charge is -2.15. The van der Waals surface area contributed by atoms with Gasteiger partial charge in [0.1, 0.15) is 12.3 Å². The molecule has 6 heteroatoms. The Kier molecular flexibility index (Phi) is 6.28. The number of benzene rings is 2. The number of amides is 1. The lowest BCUT2D eigenvalue weighted by molar-refractivity contribution is -0.885. The fourth-order valence-electron chi connectivity index (χ4n) is 2.25. The number of carbonyl (C=O) groups is 1. The summed E-state index contributed by atoms with van der Waals surface area (Å²) in [5.74, 6) is 0.488. The number of rotatable bonds is 6. The van der Waals surface area contributed by atoms with Gasteiger partial charge in [0.15, 0.2) is 6.54 Å². The van der Waals surface area contributed by atoms with E-state index in [0.29, 0.717) is 34.6 Å². The number of nitrogens with one attached hydrogen (secondary N) is 2. The molecule has 0 saturated heterocycles. The minimum absolute atomic E-state index is 0.0872. The average molecular weight is 354 g/mol. The third kappa shape index (κ3) is 5.13. The SMILES string of the molecule is COc1ccc(NC(=O)C[NH+](C)Cc2ccccc2Cl)cc1Cl. The van der Waals surface area contributed by atoms with Gasteiger partial charge in [0, 0.05) is 16.3 Å². The molecule has 0 radical (unpaired) electrons. The van der Waals surface area contributed by atoms with Gasteiger partial charge in [0.25, 0.3) is 5.91 Å². The van der Waals surface area contributed by atoms with Crippen molar-refractivity contribution in [1.29, 1.82) is 0 Å². The van der Waals surface area contributed by atoms with Gasteiger partial charge in [-0.2, -0.15) is 0 Å². The quantitative estimate of drug-likeness (QED) is 0.838. The predicted octanol–water partition coefficient (Wildman–Crippen LogP) is 2.66. The van der Waals surface area contributed by atoms with E-state index in [9.17, 15) is 4.79 Å². The number of ether oxygens (including phenoxy) is 1. The van der Waals surface area contributed by atoms with E-state index in [2.05, 4.69) is 5.32 Å². The van der Waals surface area contributed by atoms with E-state index < -0.39 is 0 Å². The van der Waals surface area contributed by atoms with Crippen LogP contribution in [-0.2, 0) is 11.3 Å². The van der Waals surface area contributed by atoms with Gasteiger partial charge in [-0.25, -0.2) is 0 Å². The molecule has 2 aromatic carbocycles. The van der Waals surface area contributed by atoms with Crippen molar-refractivity contribution in [3.05, 3.63) is 58.1 Å². The van der Waals surface area contributed by atoms with E-state index in [1.165, 1.54) is 0 Å². The average Bonchev–Trinajstić information content (AvgIpc) is 2.49. The second-order valence-electron chi connectivity index (χ2n) is 5.30. The maximum Gasteiger partial charge on any atom is 0.279 e. The van der Waals surface area contributed by atoms with E-state index in [1.807, 2.05) is 31.3 Å². The summed E-state index contributed by atoms with van der Waals surface area (Å²) < 4.78 is 5.09. The monoisotopic (exact) mass is 353 g/mol. The molecule has 122 valence electrons. The highest BCUT2D eigenvalue weighted by atomic mass is 35.5. The Morgan fingerprint density at radius 3 is 2.57 bits per heavy atom. The number of carbonyl (C=O) groups excluding carboxylic acids is 1. The second-order valence-corrected chi connectivity index (χ2v) is 6.11. The molecule has 0 bridgehead atoms. The number of halogens is 2. The molecule has 1 amide bonds. The summed E-state index contributed by atoms with van der Waals surface area (Å²) in [5.41, 5.74) is 1.67. The van der Waals surface area contributed by atoms with Gasteiger partial charge >= 0.3 is 0 Å². The van der Waals surface area contributed by atoms with Crippen molar-refractivity contribution in [3.63, 3.8) is 0 Å². The fourth-order valence-corrected chi connectivity index (χ4v) is 2.71. The van der Waals surface area contributed by atoms with E-state index in [0.717, 1.165) is 10.5 Å². The van der Waals surface area contributed by atoms with Crippen LogP contribution in [0.25, 0.3) is 0 Å². The van der Waals surface area contributed by atoms with Gasteiger partial charge in [0.2, 0.25) is 0 Å². The highest BCUT2D eigenvalue weighted by Gasteiger charge is 2.13. The highest BCUT2D eigenvalue weighted by Crippen LogP contribution is 2.27. The Morgan fingerprint density at radius 2 is 1.91 bits per heavy atom. The molecular formula is C17H19Cl2N2O2+. The maximum atomic E-state index is 12.1. The Balaban J connectivity index is 1.91. The van der Waals surface area contributed by atoms with Crippen molar-refractivity contribution in [2.24, 2.45) is 0 Å². The van der Waals surface area contributed by atoms with Crippen molar-refractivity contribution in [2.75, 3.05) is 26.0 Å². The number of methoxy groups -OCH3 is 1. The van der Waals surface area contributed by atoms with Crippen molar-refractivity contribution in [1.82, 2.24) is 0 Å². The van der Waals surface area contributed by atoms with Crippen LogP contribution in [0.5, 0.6) is 5.75 Å². The topological polar surface area (TPSA) is 42.8 Å². The molecule has 0 aliphatic carbocycles. The third-order valence-corrected chi connectivity index (χ3v) is 4.01. The summed E-state index contributed by atoms with van der Waals surface area (Å²) >= 11 is 12.2. The predicted molar refractivity (Wildman–Crippen MR) is 93.5 cm³/mol. The molecular weight excluding hydrogens is 335 g/mol. The lowest BCUT2D eigenvalue weighted by atomic mass is 10.2. The molecule has 4 nitrogen and oxygen atoms in total. The molecule has 2 N–H and O–H groups in total. The molecule has 0 heterocycles. The molecule has 2 rings (SSSR count). The molecule has 23 heavy (non-hydrogen) atoms. The van der Waals surface area contributed by atoms with Crippen LogP contribution >= 0.6 is 23.2 Å². The highest BCUT2D eigenvalue weighted by molar-refractivity contribution is 6.32. The minimum atomic E-state index is -0.0872. The summed E-state index contributed by atoms with van der Waals surface area (Å²) in [6, 6.07) is 12.8. The first-order chi connectivity index (χ1) is 11.0. The first kappa shape index (κ1) is 17.6. The van der Waals surface area contributed by atoms with Crippen LogP contribution in [0.15, 0.2) is 42.5 Å². The van der Waals surface area contributed by atoms with E-state index >= 15 is 0 Å². The van der Waals surface area contributed by atoms with Gasteiger partial charge < -0.3 is 15.0 Å². The van der Waals surface area contributed by atoms with Crippen molar-refractivity contribution in [2.45, 2.75) is 6.54 Å². The molecule has 0 aliphatic rings. The zero-order chi connectivity index (χ0) is 16.8. The number of hydrogen-bond donors (Lipinski definition) is 2. The summed E-state index contributed by atoms with van der Waals surface area (Å²) in [5, 5.41) is 4.01. The number of hydrogen-bond acceptors (Lipinski definition) is 2. The van der Waals surface area contributed by atoms with Crippen LogP contribution in [0, 0.1) is 0 Å². The van der Waals surface area contributed by atoms with Crippen LogP contribution in [0.1, 0.15) is 5.56 Å². The molecule has 2 aromatic rings. The van der Waals surface area contributed by atoms with Gasteiger partial charge in [-0.05, 0) is 24.3 Å². The Hall–Kier alpha value is -1.75. The van der Waals surface area contributed by atoms with E-state index in [4.69, 9.17) is 27.9 Å². The Morgan fingerprint density at radius 1 is 1.17 bits per heavy atom. The lowest BCUT2D eigenvalue weighted by Crippen LogP contribution is -3.08. The van der Waals surface area contributed by atoms with Crippen LogP contribution in [0.4, 0.5) is 5.69 Å². The van der Waals surface area contributed by atoms with Gasteiger partial charge in [-0.1, -0.05) is 41.4 Å². The minimum Gasteiger partial charge on any atom is -0.495 e. The Bertz CT molecular complexity index is 692. The first-order valence-electron chi connectivity index (χ1n) is 7.17. The zero-order valence-electron chi connectivity index (χ0n) is 13.0. The summed E-state index contributed by atoms with van der Waals surface area (Å²) in [7, 11) is 3.50. The van der Waals surface area contributed by atoms with Gasteiger partial charge in [-0.3, -0.25) is 4.79 Å². The normalized spacial score (nSPS) is 11.8. The van der Waals surface area contributed by atoms with Crippen molar-refractivity contribution < 1.29 is 14.4 Å². The number of quaternary nitrogens is 1. The summed E-state index contributed by atoms with van der Waals surface area (Å²) in [4.78, 5) is 13.2. The standard InChI is InChI=1S/C17H18Cl2N2O2/c1-21(10-12-5-3-4-6-14(12)18)11-17(22)20-13-7-8-16(23-2)15(19)9-13/h3-9H,10-11H2,1-2H3,(H,20,22)/p+1. The Labute approximate surface area is 146 Å². The van der Waals surface area contributed by atoms with Gasteiger partial charge in [0.05, 0.1) is 19.2 Å². The maximum absolute atomic E-state index is 12.1. The molecule has 0 aromatic heterocycles. The molecule has 1 atom stereocenters.